The molecule has 0 unspecified atom stereocenters. The van der Waals surface area contributed by atoms with Crippen LogP contribution in [0.1, 0.15) is 65.7 Å². The quantitative estimate of drug-likeness (QED) is 0.682. The fourth-order valence-corrected chi connectivity index (χ4v) is 2.70. The zero-order valence-corrected chi connectivity index (χ0v) is 12.9. The second kappa shape index (κ2) is 8.55. The van der Waals surface area contributed by atoms with Crippen molar-refractivity contribution in [2.24, 2.45) is 5.41 Å². The monoisotopic (exact) mass is 266 g/mol. The number of hydrogen-bond acceptors (Lipinski definition) is 3. The molecule has 0 atom stereocenters. The molecule has 110 valence electrons. The van der Waals surface area contributed by atoms with Gasteiger partial charge in [-0.25, -0.2) is 0 Å². The van der Waals surface area contributed by atoms with E-state index in [0.29, 0.717) is 12.1 Å². The lowest BCUT2D eigenvalue weighted by Gasteiger charge is -2.29. The van der Waals surface area contributed by atoms with Crippen LogP contribution in [0, 0.1) is 16.7 Å². The van der Waals surface area contributed by atoms with Crippen LogP contribution in [0.2, 0.25) is 0 Å². The molecule has 0 spiro atoms. The molecular weight excluding hydrogens is 236 g/mol. The largest absolute Gasteiger partial charge is 0.378 e. The molecule has 0 radical (unpaired) electrons. The summed E-state index contributed by atoms with van der Waals surface area (Å²) in [6.07, 6.45) is 8.51. The topological polar surface area (TPSA) is 45.0 Å². The molecule has 1 saturated carbocycles. The van der Waals surface area contributed by atoms with Gasteiger partial charge in [-0.05, 0) is 65.3 Å². The van der Waals surface area contributed by atoms with Gasteiger partial charge in [-0.1, -0.05) is 6.92 Å². The van der Waals surface area contributed by atoms with E-state index in [0.717, 1.165) is 32.4 Å². The Balaban J connectivity index is 2.01. The number of rotatable bonds is 8. The highest BCUT2D eigenvalue weighted by Gasteiger charge is 2.21. The summed E-state index contributed by atoms with van der Waals surface area (Å²) in [5.74, 6) is 0. The van der Waals surface area contributed by atoms with Crippen LogP contribution in [-0.4, -0.2) is 25.3 Å². The van der Waals surface area contributed by atoms with Gasteiger partial charge in [0.05, 0.1) is 17.6 Å². The number of ether oxygens (including phenoxy) is 1. The summed E-state index contributed by atoms with van der Waals surface area (Å²) in [6, 6.07) is 3.06. The first-order valence-corrected chi connectivity index (χ1v) is 7.83. The van der Waals surface area contributed by atoms with E-state index in [1.54, 1.807) is 0 Å². The van der Waals surface area contributed by atoms with Gasteiger partial charge in [0.1, 0.15) is 0 Å². The Hall–Kier alpha value is -0.590. The molecule has 1 N–H and O–H groups in total. The lowest BCUT2D eigenvalue weighted by atomic mass is 9.89. The third-order valence-electron chi connectivity index (χ3n) is 4.02. The molecule has 19 heavy (non-hydrogen) atoms. The van der Waals surface area contributed by atoms with Crippen molar-refractivity contribution in [2.45, 2.75) is 77.9 Å². The Bertz CT molecular complexity index is 275. The Kier molecular flexibility index (Phi) is 7.41. The van der Waals surface area contributed by atoms with Gasteiger partial charge < -0.3 is 10.1 Å². The summed E-state index contributed by atoms with van der Waals surface area (Å²) in [6.45, 7) is 8.12. The van der Waals surface area contributed by atoms with Crippen LogP contribution < -0.4 is 5.32 Å². The zero-order chi connectivity index (χ0) is 14.1. The average Bonchev–Trinajstić information content (AvgIpc) is 2.40. The molecule has 1 aliphatic rings. The molecule has 0 bridgehead atoms. The molecule has 0 aromatic heterocycles. The van der Waals surface area contributed by atoms with Gasteiger partial charge in [-0.15, -0.1) is 0 Å². The number of nitriles is 1. The number of hydrogen-bond donors (Lipinski definition) is 1. The smallest absolute Gasteiger partial charge is 0.0683 e. The molecule has 0 aromatic carbocycles. The van der Waals surface area contributed by atoms with Crippen LogP contribution in [0.5, 0.6) is 0 Å². The third kappa shape index (κ3) is 6.94. The Morgan fingerprint density at radius 3 is 2.47 bits per heavy atom. The van der Waals surface area contributed by atoms with Crippen LogP contribution in [0.3, 0.4) is 0 Å². The minimum absolute atomic E-state index is 0.177. The van der Waals surface area contributed by atoms with E-state index in [-0.39, 0.29) is 5.41 Å². The molecule has 0 aromatic rings. The van der Waals surface area contributed by atoms with Crippen molar-refractivity contribution in [3.63, 3.8) is 0 Å². The van der Waals surface area contributed by atoms with Crippen molar-refractivity contribution in [3.8, 4) is 6.07 Å². The minimum Gasteiger partial charge on any atom is -0.378 e. The van der Waals surface area contributed by atoms with Gasteiger partial charge >= 0.3 is 0 Å². The Morgan fingerprint density at radius 2 is 1.89 bits per heavy atom. The van der Waals surface area contributed by atoms with Gasteiger partial charge in [-0.3, -0.25) is 0 Å². The lowest BCUT2D eigenvalue weighted by Crippen LogP contribution is -2.35. The van der Waals surface area contributed by atoms with Crippen molar-refractivity contribution in [2.75, 3.05) is 13.2 Å². The third-order valence-corrected chi connectivity index (χ3v) is 4.02. The lowest BCUT2D eigenvalue weighted by molar-refractivity contribution is 0.0201. The first kappa shape index (κ1) is 16.5. The van der Waals surface area contributed by atoms with Crippen molar-refractivity contribution in [3.05, 3.63) is 0 Å². The fraction of sp³-hybridized carbons (Fsp3) is 0.938. The van der Waals surface area contributed by atoms with Gasteiger partial charge in [0.25, 0.3) is 0 Å². The highest BCUT2D eigenvalue weighted by Crippen LogP contribution is 2.23. The van der Waals surface area contributed by atoms with Crippen molar-refractivity contribution in [1.82, 2.24) is 5.32 Å². The molecule has 3 nitrogen and oxygen atoms in total. The molecule has 1 rings (SSSR count). The van der Waals surface area contributed by atoms with E-state index < -0.39 is 0 Å². The maximum absolute atomic E-state index is 8.94. The first-order valence-electron chi connectivity index (χ1n) is 7.83. The number of nitrogens with zero attached hydrogens (tertiary/aromatic N) is 1. The van der Waals surface area contributed by atoms with Crippen LogP contribution in [-0.2, 0) is 4.74 Å². The predicted molar refractivity (Wildman–Crippen MR) is 78.9 cm³/mol. The van der Waals surface area contributed by atoms with Gasteiger partial charge in [-0.2, -0.15) is 5.26 Å². The summed E-state index contributed by atoms with van der Waals surface area (Å²) < 4.78 is 5.95. The molecular formula is C16H30N2O. The summed E-state index contributed by atoms with van der Waals surface area (Å²) in [7, 11) is 0. The normalized spacial score (nSPS) is 24.1. The maximum atomic E-state index is 8.94. The van der Waals surface area contributed by atoms with Gasteiger partial charge in [0.2, 0.25) is 0 Å². The highest BCUT2D eigenvalue weighted by molar-refractivity contribution is 4.91. The van der Waals surface area contributed by atoms with Crippen LogP contribution >= 0.6 is 0 Å². The second-order valence-electron chi connectivity index (χ2n) is 6.35. The predicted octanol–water partition coefficient (Wildman–Crippen LogP) is 3.64. The maximum Gasteiger partial charge on any atom is 0.0683 e. The van der Waals surface area contributed by atoms with Crippen LogP contribution in [0.15, 0.2) is 0 Å². The van der Waals surface area contributed by atoms with Crippen LogP contribution in [0.25, 0.3) is 0 Å². The SMILES string of the molecule is CCNC1CCC(OCCCCC(C)(C)C#N)CC1. The molecule has 3 heteroatoms. The number of unbranched alkanes of at least 4 members (excludes halogenated alkanes) is 1. The van der Waals surface area contributed by atoms with E-state index in [1.165, 1.54) is 25.7 Å². The van der Waals surface area contributed by atoms with E-state index in [4.69, 9.17) is 10.00 Å². The molecule has 1 aliphatic carbocycles. The summed E-state index contributed by atoms with van der Waals surface area (Å²) in [5, 5.41) is 12.5. The standard InChI is InChI=1S/C16H30N2O/c1-4-18-14-7-9-15(10-8-14)19-12-6-5-11-16(2,3)13-17/h14-15,18H,4-12H2,1-3H3. The summed E-state index contributed by atoms with van der Waals surface area (Å²) in [4.78, 5) is 0. The Labute approximate surface area is 118 Å². The number of nitrogens with one attached hydrogen (secondary N) is 1. The fourth-order valence-electron chi connectivity index (χ4n) is 2.70. The van der Waals surface area contributed by atoms with E-state index in [9.17, 15) is 0 Å². The van der Waals surface area contributed by atoms with Crippen molar-refractivity contribution in [1.29, 1.82) is 5.26 Å². The molecule has 0 saturated heterocycles. The van der Waals surface area contributed by atoms with Crippen molar-refractivity contribution < 1.29 is 4.74 Å². The van der Waals surface area contributed by atoms with E-state index >= 15 is 0 Å². The van der Waals surface area contributed by atoms with Gasteiger partial charge in [0.15, 0.2) is 0 Å². The highest BCUT2D eigenvalue weighted by atomic mass is 16.5. The van der Waals surface area contributed by atoms with Gasteiger partial charge in [0, 0.05) is 12.6 Å². The molecule has 1 fully saturated rings. The van der Waals surface area contributed by atoms with E-state index in [2.05, 4.69) is 18.3 Å². The zero-order valence-electron chi connectivity index (χ0n) is 12.9. The minimum atomic E-state index is -0.177. The van der Waals surface area contributed by atoms with E-state index in [1.807, 2.05) is 13.8 Å². The molecule has 0 aliphatic heterocycles. The van der Waals surface area contributed by atoms with Crippen LogP contribution in [0.4, 0.5) is 0 Å². The average molecular weight is 266 g/mol. The summed E-state index contributed by atoms with van der Waals surface area (Å²) >= 11 is 0. The Morgan fingerprint density at radius 1 is 1.21 bits per heavy atom. The van der Waals surface area contributed by atoms with Crippen molar-refractivity contribution >= 4 is 0 Å². The summed E-state index contributed by atoms with van der Waals surface area (Å²) in [5.41, 5.74) is -0.177. The first-order chi connectivity index (χ1) is 9.07. The second-order valence-corrected chi connectivity index (χ2v) is 6.35. The molecule has 0 heterocycles. The molecule has 0 amide bonds.